The predicted molar refractivity (Wildman–Crippen MR) is 66.1 cm³/mol. The summed E-state index contributed by atoms with van der Waals surface area (Å²) in [6.07, 6.45) is 0.900. The maximum absolute atomic E-state index is 9.95. The Morgan fingerprint density at radius 1 is 1.35 bits per heavy atom. The summed E-state index contributed by atoms with van der Waals surface area (Å²) >= 11 is 1.09. The zero-order chi connectivity index (χ0) is 13.1. The number of nitrogens with zero attached hydrogens (tertiary/aromatic N) is 2. The summed E-state index contributed by atoms with van der Waals surface area (Å²) in [5.74, 6) is 0. The molecule has 96 valence electrons. The van der Waals surface area contributed by atoms with Gasteiger partial charge in [-0.2, -0.15) is 0 Å². The minimum absolute atomic E-state index is 0.438. The van der Waals surface area contributed by atoms with Gasteiger partial charge in [0.05, 0.1) is 11.0 Å². The monoisotopic (exact) mass is 258 g/mol. The highest BCUT2D eigenvalue weighted by Gasteiger charge is 2.37. The van der Waals surface area contributed by atoms with Gasteiger partial charge < -0.3 is 21.7 Å². The van der Waals surface area contributed by atoms with Crippen molar-refractivity contribution in [1.82, 2.24) is 9.97 Å². The number of aliphatic hydroxyl groups is 2. The number of hydrogen-bond donors (Lipinski definition) is 4. The first-order valence-electron chi connectivity index (χ1n) is 5.21. The van der Waals surface area contributed by atoms with Crippen molar-refractivity contribution < 1.29 is 10.2 Å². The summed E-state index contributed by atoms with van der Waals surface area (Å²) in [7, 11) is 0. The largest absolute Gasteiger partial charge is 0.389 e. The second kappa shape index (κ2) is 5.74. The van der Waals surface area contributed by atoms with Gasteiger partial charge in [0.25, 0.3) is 0 Å². The van der Waals surface area contributed by atoms with Crippen molar-refractivity contribution in [1.29, 1.82) is 0 Å². The molecule has 1 rings (SSSR count). The van der Waals surface area contributed by atoms with Gasteiger partial charge in [0, 0.05) is 18.4 Å². The SMILES string of the molecule is CC(N)C(O)C(O)C(C)(N)Sc1ncccn1. The van der Waals surface area contributed by atoms with E-state index in [0.717, 1.165) is 11.8 Å². The summed E-state index contributed by atoms with van der Waals surface area (Å²) in [5.41, 5.74) is 11.5. The fourth-order valence-electron chi connectivity index (χ4n) is 1.22. The van der Waals surface area contributed by atoms with Crippen LogP contribution in [0.25, 0.3) is 0 Å². The molecule has 0 radical (unpaired) electrons. The molecule has 0 saturated carbocycles. The van der Waals surface area contributed by atoms with E-state index in [1.54, 1.807) is 32.3 Å². The number of rotatable bonds is 5. The van der Waals surface area contributed by atoms with Crippen molar-refractivity contribution in [3.63, 3.8) is 0 Å². The Labute approximate surface area is 104 Å². The lowest BCUT2D eigenvalue weighted by Crippen LogP contribution is -2.55. The van der Waals surface area contributed by atoms with E-state index in [4.69, 9.17) is 11.5 Å². The highest BCUT2D eigenvalue weighted by atomic mass is 32.2. The van der Waals surface area contributed by atoms with E-state index < -0.39 is 23.1 Å². The maximum atomic E-state index is 9.95. The van der Waals surface area contributed by atoms with Crippen LogP contribution in [0.15, 0.2) is 23.6 Å². The molecule has 4 atom stereocenters. The van der Waals surface area contributed by atoms with Gasteiger partial charge in [0.2, 0.25) is 0 Å². The van der Waals surface area contributed by atoms with Crippen LogP contribution in [0.1, 0.15) is 13.8 Å². The van der Waals surface area contributed by atoms with E-state index in [1.807, 2.05) is 0 Å². The van der Waals surface area contributed by atoms with Gasteiger partial charge in [-0.3, -0.25) is 0 Å². The summed E-state index contributed by atoms with van der Waals surface area (Å²) in [5, 5.41) is 20.1. The first-order chi connectivity index (χ1) is 7.84. The van der Waals surface area contributed by atoms with Crippen LogP contribution in [0.2, 0.25) is 0 Å². The van der Waals surface area contributed by atoms with E-state index in [9.17, 15) is 10.2 Å². The van der Waals surface area contributed by atoms with E-state index in [-0.39, 0.29) is 0 Å². The number of aliphatic hydroxyl groups excluding tert-OH is 2. The van der Waals surface area contributed by atoms with Gasteiger partial charge in [-0.1, -0.05) is 11.8 Å². The van der Waals surface area contributed by atoms with Gasteiger partial charge in [-0.25, -0.2) is 9.97 Å². The Hall–Kier alpha value is -0.730. The Morgan fingerprint density at radius 3 is 2.35 bits per heavy atom. The Kier molecular flexibility index (Phi) is 4.84. The molecule has 6 N–H and O–H groups in total. The highest BCUT2D eigenvalue weighted by molar-refractivity contribution is 8.00. The third-order valence-corrected chi connectivity index (χ3v) is 3.38. The second-order valence-corrected chi connectivity index (χ2v) is 5.56. The molecule has 0 aliphatic rings. The fraction of sp³-hybridized carbons (Fsp3) is 0.600. The molecule has 0 aliphatic heterocycles. The summed E-state index contributed by atoms with van der Waals surface area (Å²) < 4.78 is 0. The number of thioether (sulfide) groups is 1. The Bertz CT molecular complexity index is 347. The summed E-state index contributed by atoms with van der Waals surface area (Å²) in [4.78, 5) is 6.88. The zero-order valence-corrected chi connectivity index (χ0v) is 10.6. The third kappa shape index (κ3) is 3.90. The molecule has 0 bridgehead atoms. The third-order valence-electron chi connectivity index (χ3n) is 2.30. The minimum Gasteiger partial charge on any atom is -0.389 e. The van der Waals surface area contributed by atoms with Gasteiger partial charge >= 0.3 is 0 Å². The van der Waals surface area contributed by atoms with Crippen LogP contribution in [-0.4, -0.2) is 43.3 Å². The number of aromatic nitrogens is 2. The van der Waals surface area contributed by atoms with Crippen molar-refractivity contribution in [2.75, 3.05) is 0 Å². The molecule has 0 aliphatic carbocycles. The van der Waals surface area contributed by atoms with Gasteiger partial charge in [-0.15, -0.1) is 0 Å². The van der Waals surface area contributed by atoms with Crippen molar-refractivity contribution >= 4 is 11.8 Å². The van der Waals surface area contributed by atoms with Crippen LogP contribution in [0.4, 0.5) is 0 Å². The topological polar surface area (TPSA) is 118 Å². The van der Waals surface area contributed by atoms with Crippen LogP contribution in [0.5, 0.6) is 0 Å². The van der Waals surface area contributed by atoms with Crippen LogP contribution < -0.4 is 11.5 Å². The lowest BCUT2D eigenvalue weighted by molar-refractivity contribution is -0.0110. The molecule has 0 saturated heterocycles. The van der Waals surface area contributed by atoms with Crippen molar-refractivity contribution in [2.24, 2.45) is 11.5 Å². The predicted octanol–water partition coefficient (Wildman–Crippen LogP) is -0.687. The van der Waals surface area contributed by atoms with Crippen molar-refractivity contribution in [3.05, 3.63) is 18.5 Å². The molecule has 4 unspecified atom stereocenters. The standard InChI is InChI=1S/C10H18N4O2S/c1-6(11)7(15)8(16)10(2,12)17-9-13-4-3-5-14-9/h3-8,15-16H,11-12H2,1-2H3. The molecule has 6 nitrogen and oxygen atoms in total. The van der Waals surface area contributed by atoms with Crippen molar-refractivity contribution in [3.8, 4) is 0 Å². The zero-order valence-electron chi connectivity index (χ0n) is 9.82. The van der Waals surface area contributed by atoms with Crippen LogP contribution in [-0.2, 0) is 0 Å². The van der Waals surface area contributed by atoms with E-state index in [2.05, 4.69) is 9.97 Å². The van der Waals surface area contributed by atoms with E-state index in [0.29, 0.717) is 5.16 Å². The molecular weight excluding hydrogens is 240 g/mol. The van der Waals surface area contributed by atoms with Gasteiger partial charge in [0.15, 0.2) is 5.16 Å². The second-order valence-electron chi connectivity index (χ2n) is 4.11. The first-order valence-corrected chi connectivity index (χ1v) is 6.03. The summed E-state index contributed by atoms with van der Waals surface area (Å²) in [6, 6.07) is 1.12. The maximum Gasteiger partial charge on any atom is 0.189 e. The minimum atomic E-state index is -1.17. The molecule has 1 aromatic rings. The smallest absolute Gasteiger partial charge is 0.189 e. The van der Waals surface area contributed by atoms with E-state index in [1.165, 1.54) is 0 Å². The van der Waals surface area contributed by atoms with Gasteiger partial charge in [0.1, 0.15) is 6.10 Å². The molecule has 0 fully saturated rings. The number of hydrogen-bond acceptors (Lipinski definition) is 7. The highest BCUT2D eigenvalue weighted by Crippen LogP contribution is 2.30. The Balaban J connectivity index is 2.74. The molecular formula is C10H18N4O2S. The molecule has 7 heteroatoms. The first kappa shape index (κ1) is 14.3. The normalized spacial score (nSPS) is 20.4. The average Bonchev–Trinajstić information content (AvgIpc) is 2.27. The molecule has 17 heavy (non-hydrogen) atoms. The van der Waals surface area contributed by atoms with Crippen LogP contribution >= 0.6 is 11.8 Å². The number of nitrogens with two attached hydrogens (primary N) is 2. The van der Waals surface area contributed by atoms with E-state index >= 15 is 0 Å². The molecule has 0 amide bonds. The molecule has 0 aromatic carbocycles. The lowest BCUT2D eigenvalue weighted by atomic mass is 10.0. The fourth-order valence-corrected chi connectivity index (χ4v) is 2.10. The van der Waals surface area contributed by atoms with Crippen LogP contribution in [0, 0.1) is 0 Å². The van der Waals surface area contributed by atoms with Crippen molar-refractivity contribution in [2.45, 2.75) is 42.1 Å². The van der Waals surface area contributed by atoms with Gasteiger partial charge in [-0.05, 0) is 19.9 Å². The lowest BCUT2D eigenvalue weighted by Gasteiger charge is -2.33. The Morgan fingerprint density at radius 2 is 1.88 bits per heavy atom. The molecule has 0 spiro atoms. The molecule has 1 aromatic heterocycles. The molecule has 1 heterocycles. The quantitative estimate of drug-likeness (QED) is 0.314. The average molecular weight is 258 g/mol. The van der Waals surface area contributed by atoms with Crippen LogP contribution in [0.3, 0.4) is 0 Å². The summed E-state index contributed by atoms with van der Waals surface area (Å²) in [6.45, 7) is 3.21.